The highest BCUT2D eigenvalue weighted by Crippen LogP contribution is 2.43. The maximum Gasteiger partial charge on any atom is 0.255 e. The van der Waals surface area contributed by atoms with E-state index in [1.54, 1.807) is 19.5 Å². The Morgan fingerprint density at radius 3 is 2.59 bits per heavy atom. The van der Waals surface area contributed by atoms with Gasteiger partial charge in [0.2, 0.25) is 0 Å². The summed E-state index contributed by atoms with van der Waals surface area (Å²) in [6.07, 6.45) is 6.04. The first kappa shape index (κ1) is 20.8. The van der Waals surface area contributed by atoms with Crippen LogP contribution in [0.3, 0.4) is 0 Å². The van der Waals surface area contributed by atoms with Gasteiger partial charge < -0.3 is 19.9 Å². The highest BCUT2D eigenvalue weighted by molar-refractivity contribution is 6.10. The minimum atomic E-state index is -0.113. The van der Waals surface area contributed by atoms with Crippen molar-refractivity contribution in [2.75, 3.05) is 50.6 Å². The predicted molar refractivity (Wildman–Crippen MR) is 129 cm³/mol. The molecule has 6 nitrogen and oxygen atoms in total. The number of nitrogens with one attached hydrogen (secondary N) is 1. The van der Waals surface area contributed by atoms with Gasteiger partial charge >= 0.3 is 0 Å². The van der Waals surface area contributed by atoms with Crippen LogP contribution in [0, 0.1) is 12.3 Å². The van der Waals surface area contributed by atoms with Crippen molar-refractivity contribution in [2.45, 2.75) is 19.8 Å². The zero-order valence-corrected chi connectivity index (χ0v) is 19.0. The molecule has 2 aliphatic heterocycles. The van der Waals surface area contributed by atoms with Crippen LogP contribution >= 0.6 is 0 Å². The van der Waals surface area contributed by atoms with Crippen molar-refractivity contribution in [1.82, 2.24) is 9.88 Å². The summed E-state index contributed by atoms with van der Waals surface area (Å²) in [6, 6.07) is 11.7. The number of aromatic nitrogens is 1. The predicted octanol–water partition coefficient (Wildman–Crippen LogP) is 4.34. The number of rotatable bonds is 4. The fraction of sp³-hybridized carbons (Fsp3) is 0.385. The van der Waals surface area contributed by atoms with Crippen molar-refractivity contribution < 1.29 is 9.53 Å². The van der Waals surface area contributed by atoms with Gasteiger partial charge in [0.1, 0.15) is 5.75 Å². The Labute approximate surface area is 189 Å². The van der Waals surface area contributed by atoms with Crippen LogP contribution in [0.4, 0.5) is 11.4 Å². The number of methoxy groups -OCH3 is 1. The molecule has 1 spiro atoms. The first-order valence-electron chi connectivity index (χ1n) is 11.2. The molecule has 6 heteroatoms. The third kappa shape index (κ3) is 3.69. The monoisotopic (exact) mass is 430 g/mol. The summed E-state index contributed by atoms with van der Waals surface area (Å²) in [5.74, 6) is 0.626. The van der Waals surface area contributed by atoms with Crippen LogP contribution in [0.25, 0.3) is 10.8 Å². The van der Waals surface area contributed by atoms with Crippen molar-refractivity contribution in [2.24, 2.45) is 5.41 Å². The zero-order valence-electron chi connectivity index (χ0n) is 19.0. The summed E-state index contributed by atoms with van der Waals surface area (Å²) < 4.78 is 5.43. The van der Waals surface area contributed by atoms with Crippen LogP contribution < -0.4 is 15.0 Å². The maximum atomic E-state index is 13.0. The molecule has 2 aliphatic rings. The Morgan fingerprint density at radius 2 is 1.88 bits per heavy atom. The molecule has 0 unspecified atom stereocenters. The van der Waals surface area contributed by atoms with Crippen LogP contribution in [-0.4, -0.2) is 56.1 Å². The number of pyridine rings is 1. The molecule has 0 radical (unpaired) electrons. The van der Waals surface area contributed by atoms with E-state index in [2.05, 4.69) is 40.1 Å². The SMILES string of the molecule is COc1ccc(NC(=O)c2ccc(N3CC4(CCN(C)CC4)C3)c(C)c2)c2ccncc12. The number of carbonyl (C=O) groups excluding carboxylic acids is 1. The molecule has 0 saturated carbocycles. The molecule has 0 atom stereocenters. The lowest BCUT2D eigenvalue weighted by Crippen LogP contribution is -2.60. The quantitative estimate of drug-likeness (QED) is 0.667. The van der Waals surface area contributed by atoms with Crippen molar-refractivity contribution >= 4 is 28.1 Å². The lowest BCUT2D eigenvalue weighted by Gasteiger charge is -2.55. The normalized spacial score (nSPS) is 17.9. The summed E-state index contributed by atoms with van der Waals surface area (Å²) in [4.78, 5) is 22.1. The van der Waals surface area contributed by atoms with E-state index < -0.39 is 0 Å². The second-order valence-electron chi connectivity index (χ2n) is 9.35. The molecule has 2 aromatic carbocycles. The molecule has 166 valence electrons. The molecule has 0 aliphatic carbocycles. The number of ether oxygens (including phenoxy) is 1. The van der Waals surface area contributed by atoms with Crippen LogP contribution in [0.1, 0.15) is 28.8 Å². The van der Waals surface area contributed by atoms with Crippen LogP contribution in [0.2, 0.25) is 0 Å². The van der Waals surface area contributed by atoms with Crippen LogP contribution in [0.15, 0.2) is 48.8 Å². The lowest BCUT2D eigenvalue weighted by atomic mass is 9.71. The van der Waals surface area contributed by atoms with E-state index in [0.717, 1.165) is 40.9 Å². The number of benzene rings is 2. The minimum Gasteiger partial charge on any atom is -0.496 e. The third-order valence-electron chi connectivity index (χ3n) is 7.15. The Bertz CT molecular complexity index is 1160. The Balaban J connectivity index is 1.31. The van der Waals surface area contributed by atoms with Crippen molar-refractivity contribution in [1.29, 1.82) is 0 Å². The number of piperidine rings is 1. The van der Waals surface area contributed by atoms with Gasteiger partial charge in [-0.2, -0.15) is 0 Å². The Hall–Kier alpha value is -3.12. The largest absolute Gasteiger partial charge is 0.496 e. The minimum absolute atomic E-state index is 0.113. The molecular weight excluding hydrogens is 400 g/mol. The summed E-state index contributed by atoms with van der Waals surface area (Å²) in [5, 5.41) is 4.85. The van der Waals surface area contributed by atoms with E-state index in [1.807, 2.05) is 30.3 Å². The Kier molecular flexibility index (Phi) is 5.25. The van der Waals surface area contributed by atoms with E-state index >= 15 is 0 Å². The van der Waals surface area contributed by atoms with Gasteiger partial charge in [-0.3, -0.25) is 9.78 Å². The van der Waals surface area contributed by atoms with Crippen LogP contribution in [0.5, 0.6) is 5.75 Å². The number of aryl methyl sites for hydroxylation is 1. The molecule has 0 bridgehead atoms. The third-order valence-corrected chi connectivity index (χ3v) is 7.15. The maximum absolute atomic E-state index is 13.0. The number of hydrogen-bond acceptors (Lipinski definition) is 5. The van der Waals surface area contributed by atoms with Gasteiger partial charge in [0.05, 0.1) is 7.11 Å². The van der Waals surface area contributed by atoms with Gasteiger partial charge in [-0.25, -0.2) is 0 Å². The van der Waals surface area contributed by atoms with E-state index in [0.29, 0.717) is 11.0 Å². The smallest absolute Gasteiger partial charge is 0.255 e. The number of hydrogen-bond donors (Lipinski definition) is 1. The molecule has 3 heterocycles. The molecule has 1 amide bonds. The van der Waals surface area contributed by atoms with Gasteiger partial charge in [0.25, 0.3) is 5.91 Å². The number of nitrogens with zero attached hydrogens (tertiary/aromatic N) is 3. The van der Waals surface area contributed by atoms with Crippen molar-refractivity contribution in [3.05, 3.63) is 59.9 Å². The van der Waals surface area contributed by atoms with E-state index in [1.165, 1.54) is 31.6 Å². The van der Waals surface area contributed by atoms with Gasteiger partial charge in [0, 0.05) is 58.6 Å². The summed E-state index contributed by atoms with van der Waals surface area (Å²) in [7, 11) is 3.85. The zero-order chi connectivity index (χ0) is 22.3. The molecule has 1 N–H and O–H groups in total. The average Bonchev–Trinajstić information content (AvgIpc) is 2.79. The average molecular weight is 431 g/mol. The van der Waals surface area contributed by atoms with Gasteiger partial charge in [-0.05, 0) is 81.9 Å². The molecule has 2 saturated heterocycles. The van der Waals surface area contributed by atoms with Gasteiger partial charge in [0.15, 0.2) is 0 Å². The van der Waals surface area contributed by atoms with Gasteiger partial charge in [-0.1, -0.05) is 0 Å². The summed E-state index contributed by atoms with van der Waals surface area (Å²) in [5.41, 5.74) is 4.29. The number of carbonyl (C=O) groups is 1. The standard InChI is InChI=1S/C26H30N4O2/c1-18-14-19(4-6-23(18)30-16-26(17-30)9-12-29(2)13-10-26)25(31)28-22-5-7-24(32-3)21-15-27-11-8-20(21)22/h4-8,11,14-15H,9-10,12-13,16-17H2,1-3H3,(H,28,31). The fourth-order valence-electron chi connectivity index (χ4n) is 5.14. The molecule has 2 fully saturated rings. The first-order valence-corrected chi connectivity index (χ1v) is 11.2. The van der Waals surface area contributed by atoms with E-state index in [4.69, 9.17) is 4.74 Å². The van der Waals surface area contributed by atoms with Crippen molar-refractivity contribution in [3.8, 4) is 5.75 Å². The number of fused-ring (bicyclic) bond motifs is 1. The molecule has 3 aromatic rings. The molecule has 1 aromatic heterocycles. The Morgan fingerprint density at radius 1 is 1.09 bits per heavy atom. The highest BCUT2D eigenvalue weighted by atomic mass is 16.5. The fourth-order valence-corrected chi connectivity index (χ4v) is 5.14. The topological polar surface area (TPSA) is 57.7 Å². The number of likely N-dealkylation sites (tertiary alicyclic amines) is 1. The molecular formula is C26H30N4O2. The van der Waals surface area contributed by atoms with Crippen molar-refractivity contribution in [3.63, 3.8) is 0 Å². The molecule has 32 heavy (non-hydrogen) atoms. The van der Waals surface area contributed by atoms with Crippen LogP contribution in [-0.2, 0) is 0 Å². The highest BCUT2D eigenvalue weighted by Gasteiger charge is 2.44. The number of amides is 1. The second-order valence-corrected chi connectivity index (χ2v) is 9.35. The van der Waals surface area contributed by atoms with Gasteiger partial charge in [-0.15, -0.1) is 0 Å². The summed E-state index contributed by atoms with van der Waals surface area (Å²) >= 11 is 0. The summed E-state index contributed by atoms with van der Waals surface area (Å²) in [6.45, 7) is 6.74. The first-order chi connectivity index (χ1) is 15.5. The number of anilines is 2. The lowest BCUT2D eigenvalue weighted by molar-refractivity contribution is 0.0905. The molecule has 5 rings (SSSR count). The van der Waals surface area contributed by atoms with E-state index in [-0.39, 0.29) is 5.91 Å². The van der Waals surface area contributed by atoms with E-state index in [9.17, 15) is 4.79 Å². The second kappa shape index (κ2) is 8.10.